The van der Waals surface area contributed by atoms with Crippen molar-refractivity contribution in [2.45, 2.75) is 30.0 Å². The van der Waals surface area contributed by atoms with E-state index in [4.69, 9.17) is 0 Å². The van der Waals surface area contributed by atoms with Crippen LogP contribution in [0.1, 0.15) is 25.7 Å². The number of halogens is 2. The third-order valence-electron chi connectivity index (χ3n) is 3.64. The van der Waals surface area contributed by atoms with Gasteiger partial charge in [-0.05, 0) is 29.7 Å². The summed E-state index contributed by atoms with van der Waals surface area (Å²) in [7, 11) is 0. The third-order valence-corrected chi connectivity index (χ3v) is 6.09. The van der Waals surface area contributed by atoms with E-state index in [0.717, 1.165) is 11.8 Å². The number of hydrogen-bond donors (Lipinski definition) is 0. The molecule has 4 bridgehead atoms. The zero-order valence-corrected chi connectivity index (χ0v) is 9.41. The Morgan fingerprint density at radius 1 is 1.27 bits per heavy atom. The minimum absolute atomic E-state index is 0.513. The van der Waals surface area contributed by atoms with E-state index in [1.165, 1.54) is 25.7 Å². The van der Waals surface area contributed by atoms with Gasteiger partial charge in [0.15, 0.2) is 0 Å². The normalized spacial score (nSPS) is 52.9. The summed E-state index contributed by atoms with van der Waals surface area (Å²) in [5.41, 5.74) is 1.73. The van der Waals surface area contributed by atoms with Crippen molar-refractivity contribution >= 4 is 31.9 Å². The van der Waals surface area contributed by atoms with Gasteiger partial charge in [0.05, 0.1) is 0 Å². The van der Waals surface area contributed by atoms with Gasteiger partial charge < -0.3 is 0 Å². The Morgan fingerprint density at radius 2 is 2.00 bits per heavy atom. The second kappa shape index (κ2) is 1.95. The molecule has 0 heterocycles. The zero-order chi connectivity index (χ0) is 7.64. The molecular formula is C9H10Br2. The second-order valence-corrected chi connectivity index (χ2v) is 6.34. The molecule has 0 nitrogen and oxygen atoms in total. The highest BCUT2D eigenvalue weighted by Gasteiger charge is 2.62. The maximum Gasteiger partial charge on any atom is 0.0434 e. The topological polar surface area (TPSA) is 0 Å². The quantitative estimate of drug-likeness (QED) is 0.594. The highest BCUT2D eigenvalue weighted by Crippen LogP contribution is 2.70. The fraction of sp³-hybridized carbons (Fsp3) is 0.778. The summed E-state index contributed by atoms with van der Waals surface area (Å²) >= 11 is 7.66. The molecule has 11 heavy (non-hydrogen) atoms. The van der Waals surface area contributed by atoms with E-state index in [-0.39, 0.29) is 0 Å². The number of alkyl halides is 1. The van der Waals surface area contributed by atoms with Gasteiger partial charge in [-0.15, -0.1) is 0 Å². The van der Waals surface area contributed by atoms with Crippen LogP contribution in [-0.2, 0) is 0 Å². The van der Waals surface area contributed by atoms with Crippen molar-refractivity contribution in [2.75, 3.05) is 0 Å². The molecule has 2 fully saturated rings. The van der Waals surface area contributed by atoms with E-state index in [2.05, 4.69) is 31.9 Å². The minimum atomic E-state index is 0.513. The van der Waals surface area contributed by atoms with Gasteiger partial charge >= 0.3 is 0 Å². The molecule has 2 heteroatoms. The van der Waals surface area contributed by atoms with Gasteiger partial charge in [0.2, 0.25) is 0 Å². The predicted molar refractivity (Wildman–Crippen MR) is 53.1 cm³/mol. The van der Waals surface area contributed by atoms with Gasteiger partial charge in [-0.25, -0.2) is 0 Å². The fourth-order valence-corrected chi connectivity index (χ4v) is 5.68. The molecule has 2 saturated carbocycles. The van der Waals surface area contributed by atoms with Crippen LogP contribution < -0.4 is 0 Å². The summed E-state index contributed by atoms with van der Waals surface area (Å²) in [5.74, 6) is 1.73. The SMILES string of the molecule is BrC1=C2CC3(Br)C1CCCC23. The lowest BCUT2D eigenvalue weighted by atomic mass is 9.65. The van der Waals surface area contributed by atoms with Crippen LogP contribution in [0, 0.1) is 11.8 Å². The van der Waals surface area contributed by atoms with Crippen LogP contribution in [0.3, 0.4) is 0 Å². The van der Waals surface area contributed by atoms with Crippen LogP contribution >= 0.6 is 31.9 Å². The maximum absolute atomic E-state index is 3.92. The molecule has 0 spiro atoms. The second-order valence-electron chi connectivity index (χ2n) is 4.01. The summed E-state index contributed by atoms with van der Waals surface area (Å²) in [6.07, 6.45) is 5.57. The molecule has 0 radical (unpaired) electrons. The molecule has 0 N–H and O–H groups in total. The van der Waals surface area contributed by atoms with Crippen molar-refractivity contribution in [1.29, 1.82) is 0 Å². The summed E-state index contributed by atoms with van der Waals surface area (Å²) in [6, 6.07) is 0. The maximum atomic E-state index is 3.92. The standard InChI is InChI=1S/C9H10Br2/c10-8-5-4-9(11)6(5)2-1-3-7(8)9/h6-7H,1-4H2. The van der Waals surface area contributed by atoms with Gasteiger partial charge in [0.1, 0.15) is 0 Å². The minimum Gasteiger partial charge on any atom is -0.0836 e. The molecule has 0 amide bonds. The van der Waals surface area contributed by atoms with Crippen molar-refractivity contribution in [2.24, 2.45) is 11.8 Å². The monoisotopic (exact) mass is 276 g/mol. The first-order valence-corrected chi connectivity index (χ1v) is 5.89. The van der Waals surface area contributed by atoms with Crippen LogP contribution in [0.15, 0.2) is 10.1 Å². The summed E-state index contributed by atoms with van der Waals surface area (Å²) < 4.78 is 2.07. The molecule has 0 aliphatic heterocycles. The van der Waals surface area contributed by atoms with Gasteiger partial charge in [0, 0.05) is 10.2 Å². The molecule has 0 aromatic carbocycles. The molecule has 3 atom stereocenters. The van der Waals surface area contributed by atoms with Crippen LogP contribution in [0.4, 0.5) is 0 Å². The van der Waals surface area contributed by atoms with Crippen molar-refractivity contribution in [3.05, 3.63) is 10.1 Å². The smallest absolute Gasteiger partial charge is 0.0434 e. The Bertz CT molecular complexity index is 256. The number of rotatable bonds is 0. The van der Waals surface area contributed by atoms with Crippen molar-refractivity contribution in [1.82, 2.24) is 0 Å². The first-order chi connectivity index (χ1) is 5.23. The van der Waals surface area contributed by atoms with E-state index in [0.29, 0.717) is 4.32 Å². The summed E-state index contributed by atoms with van der Waals surface area (Å²) in [5, 5.41) is 0. The Kier molecular flexibility index (Phi) is 1.27. The molecular weight excluding hydrogens is 268 g/mol. The van der Waals surface area contributed by atoms with E-state index in [1.54, 1.807) is 10.1 Å². The Hall–Kier alpha value is 0.700. The highest BCUT2D eigenvalue weighted by atomic mass is 79.9. The molecule has 0 aromatic rings. The highest BCUT2D eigenvalue weighted by molar-refractivity contribution is 9.12. The van der Waals surface area contributed by atoms with E-state index in [9.17, 15) is 0 Å². The van der Waals surface area contributed by atoms with Crippen LogP contribution in [-0.4, -0.2) is 4.32 Å². The molecule has 60 valence electrons. The van der Waals surface area contributed by atoms with Gasteiger partial charge in [0.25, 0.3) is 0 Å². The third kappa shape index (κ3) is 0.635. The lowest BCUT2D eigenvalue weighted by molar-refractivity contribution is 0.229. The van der Waals surface area contributed by atoms with Crippen molar-refractivity contribution in [3.8, 4) is 0 Å². The van der Waals surface area contributed by atoms with Crippen molar-refractivity contribution < 1.29 is 0 Å². The van der Waals surface area contributed by atoms with Gasteiger partial charge in [-0.2, -0.15) is 0 Å². The summed E-state index contributed by atoms with van der Waals surface area (Å²) in [6.45, 7) is 0. The van der Waals surface area contributed by atoms with E-state index >= 15 is 0 Å². The molecule has 4 aliphatic carbocycles. The van der Waals surface area contributed by atoms with Crippen LogP contribution in [0.25, 0.3) is 0 Å². The average Bonchev–Trinajstić information content (AvgIpc) is 2.20. The first kappa shape index (κ1) is 7.14. The fourth-order valence-electron chi connectivity index (χ4n) is 3.06. The van der Waals surface area contributed by atoms with Gasteiger partial charge in [-0.1, -0.05) is 43.9 Å². The van der Waals surface area contributed by atoms with Crippen LogP contribution in [0.5, 0.6) is 0 Å². The number of hydrogen-bond acceptors (Lipinski definition) is 0. The number of allylic oxidation sites excluding steroid dienone is 2. The largest absolute Gasteiger partial charge is 0.0836 e. The van der Waals surface area contributed by atoms with Gasteiger partial charge in [-0.3, -0.25) is 0 Å². The Labute approximate surface area is 83.7 Å². The Morgan fingerprint density at radius 3 is 2.64 bits per heavy atom. The van der Waals surface area contributed by atoms with Crippen LogP contribution in [0.2, 0.25) is 0 Å². The average molecular weight is 278 g/mol. The lowest BCUT2D eigenvalue weighted by Crippen LogP contribution is -2.45. The Balaban J connectivity index is 2.12. The molecule has 0 aromatic heterocycles. The van der Waals surface area contributed by atoms with Crippen molar-refractivity contribution in [3.63, 3.8) is 0 Å². The van der Waals surface area contributed by atoms with E-state index in [1.807, 2.05) is 0 Å². The summed E-state index contributed by atoms with van der Waals surface area (Å²) in [4.78, 5) is 0. The molecule has 4 rings (SSSR count). The molecule has 3 unspecified atom stereocenters. The zero-order valence-electron chi connectivity index (χ0n) is 6.24. The lowest BCUT2D eigenvalue weighted by Gasteiger charge is -2.47. The first-order valence-electron chi connectivity index (χ1n) is 4.31. The molecule has 4 aliphatic rings. The predicted octanol–water partition coefficient (Wildman–Crippen LogP) is 3.60. The molecule has 0 saturated heterocycles. The van der Waals surface area contributed by atoms with E-state index < -0.39 is 0 Å².